The maximum atomic E-state index is 2.51. The van der Waals surface area contributed by atoms with Gasteiger partial charge < -0.3 is 0 Å². The second kappa shape index (κ2) is 6.93. The number of hydrogen-bond acceptors (Lipinski definition) is 3. The third-order valence-electron chi connectivity index (χ3n) is 4.37. The van der Waals surface area contributed by atoms with E-state index < -0.39 is 26.5 Å². The Kier molecular flexibility index (Phi) is 5.51. The molecule has 0 aliphatic rings. The summed E-state index contributed by atoms with van der Waals surface area (Å²) in [4.78, 5) is 13.4. The van der Waals surface area contributed by atoms with Crippen molar-refractivity contribution in [3.63, 3.8) is 0 Å². The van der Waals surface area contributed by atoms with Crippen LogP contribution in [0.4, 0.5) is 0 Å². The molecule has 0 aromatic carbocycles. The van der Waals surface area contributed by atoms with Crippen LogP contribution in [0.2, 0.25) is 34.5 Å². The topological polar surface area (TPSA) is 0 Å². The minimum atomic E-state index is -1.98. The van der Waals surface area contributed by atoms with Gasteiger partial charge in [-0.2, -0.15) is 0 Å². The summed E-state index contributed by atoms with van der Waals surface area (Å²) in [5, 5.41) is 0. The molecule has 0 aliphatic heterocycles. The van der Waals surface area contributed by atoms with Gasteiger partial charge in [0.15, 0.2) is 0 Å². The number of hydrogen-bond donors (Lipinski definition) is 0. The second-order valence-electron chi connectivity index (χ2n) is 8.91. The summed E-state index contributed by atoms with van der Waals surface area (Å²) in [7, 11) is -1.21. The van der Waals surface area contributed by atoms with E-state index in [0.29, 0.717) is 0 Å². The van der Waals surface area contributed by atoms with Crippen molar-refractivity contribution in [2.45, 2.75) is 48.3 Å². The molecule has 0 saturated carbocycles. The Bertz CT molecular complexity index is 900. The van der Waals surface area contributed by atoms with Crippen LogP contribution in [0, 0.1) is 13.8 Å². The van der Waals surface area contributed by atoms with Crippen LogP contribution in [0.25, 0.3) is 19.5 Å². The van der Waals surface area contributed by atoms with Gasteiger partial charge in [0.05, 0.1) is 0 Å². The Morgan fingerprint density at radius 2 is 1.36 bits per heavy atom. The van der Waals surface area contributed by atoms with Crippen LogP contribution >= 0.6 is 34.0 Å². The first-order chi connectivity index (χ1) is 11.5. The molecule has 0 atom stereocenters. The summed E-state index contributed by atoms with van der Waals surface area (Å²) in [6.45, 7) is 11.9. The molecule has 0 saturated heterocycles. The van der Waals surface area contributed by atoms with E-state index in [0.717, 1.165) is 0 Å². The third-order valence-corrected chi connectivity index (χ3v) is 21.3. The quantitative estimate of drug-likeness (QED) is 0.334. The summed E-state index contributed by atoms with van der Waals surface area (Å²) in [6.07, 6.45) is 0. The number of thiophene rings is 3. The standard InChI is InChI=1S/C17H19S3Si.3CH3.Sn/c1-11-8-9-18-16(11)14-10-12(2)17(20-14)13-6-7-15(19-13)21(3,4)5;;;;/h6-8,10H,1-5H3;3*1H3;. The van der Waals surface area contributed by atoms with Gasteiger partial charge in [-0.05, 0) is 0 Å². The predicted molar refractivity (Wildman–Crippen MR) is 126 cm³/mol. The number of rotatable bonds is 4. The maximum absolute atomic E-state index is 2.51. The summed E-state index contributed by atoms with van der Waals surface area (Å²) in [5.74, 6) is 0. The molecule has 0 aliphatic carbocycles. The van der Waals surface area contributed by atoms with E-state index in [4.69, 9.17) is 0 Å². The Balaban J connectivity index is 2.01. The van der Waals surface area contributed by atoms with Gasteiger partial charge in [-0.3, -0.25) is 0 Å². The second-order valence-corrected chi connectivity index (χ2v) is 32.9. The van der Waals surface area contributed by atoms with Crippen molar-refractivity contribution in [2.24, 2.45) is 0 Å². The van der Waals surface area contributed by atoms with Gasteiger partial charge in [-0.25, -0.2) is 0 Å². The van der Waals surface area contributed by atoms with Crippen molar-refractivity contribution >= 4 is 67.9 Å². The van der Waals surface area contributed by atoms with Gasteiger partial charge in [-0.1, -0.05) is 0 Å². The van der Waals surface area contributed by atoms with E-state index in [9.17, 15) is 0 Å². The zero-order valence-corrected chi connectivity index (χ0v) is 22.8. The molecule has 3 heterocycles. The molecule has 134 valence electrons. The van der Waals surface area contributed by atoms with E-state index in [1.54, 1.807) is 7.39 Å². The van der Waals surface area contributed by atoms with Gasteiger partial charge in [-0.15, -0.1) is 0 Å². The van der Waals surface area contributed by atoms with Crippen LogP contribution in [0.5, 0.6) is 0 Å². The predicted octanol–water partition coefficient (Wildman–Crippen LogP) is 6.91. The summed E-state index contributed by atoms with van der Waals surface area (Å²) in [5.41, 5.74) is 2.89. The Labute approximate surface area is 169 Å². The third kappa shape index (κ3) is 4.18. The van der Waals surface area contributed by atoms with Gasteiger partial charge in [0, 0.05) is 0 Å². The minimum absolute atomic E-state index is 1.21. The van der Waals surface area contributed by atoms with Crippen molar-refractivity contribution in [3.8, 4) is 19.5 Å². The molecule has 0 amide bonds. The van der Waals surface area contributed by atoms with E-state index in [2.05, 4.69) is 83.9 Å². The first kappa shape index (κ1) is 19.9. The molecule has 0 fully saturated rings. The number of aryl methyl sites for hydroxylation is 2. The summed E-state index contributed by atoms with van der Waals surface area (Å²) in [6, 6.07) is 9.60. The molecule has 3 aromatic rings. The average Bonchev–Trinajstić information content (AvgIpc) is 3.14. The molecule has 3 rings (SSSR count). The van der Waals surface area contributed by atoms with E-state index in [-0.39, 0.29) is 0 Å². The van der Waals surface area contributed by atoms with Crippen LogP contribution < -0.4 is 7.39 Å². The van der Waals surface area contributed by atoms with E-state index in [1.165, 1.54) is 30.6 Å². The molecule has 0 unspecified atom stereocenters. The molecule has 5 heteroatoms. The van der Waals surface area contributed by atoms with Gasteiger partial charge in [0.2, 0.25) is 0 Å². The summed E-state index contributed by atoms with van der Waals surface area (Å²) < 4.78 is 3.29. The molecular formula is C20H28S3SiSn. The molecule has 0 spiro atoms. The van der Waals surface area contributed by atoms with Crippen LogP contribution in [0.3, 0.4) is 0 Å². The molecule has 25 heavy (non-hydrogen) atoms. The average molecular weight is 511 g/mol. The molecular weight excluding hydrogens is 483 g/mol. The van der Waals surface area contributed by atoms with Crippen molar-refractivity contribution in [3.05, 3.63) is 35.4 Å². The fourth-order valence-corrected chi connectivity index (χ4v) is 13.8. The first-order valence-corrected chi connectivity index (χ1v) is 24.7. The molecule has 0 N–H and O–H groups in total. The van der Waals surface area contributed by atoms with Crippen molar-refractivity contribution < 1.29 is 0 Å². The Morgan fingerprint density at radius 1 is 0.760 bits per heavy atom. The van der Waals surface area contributed by atoms with Crippen molar-refractivity contribution in [1.29, 1.82) is 0 Å². The van der Waals surface area contributed by atoms with Crippen molar-refractivity contribution in [1.82, 2.24) is 0 Å². The molecule has 0 radical (unpaired) electrons. The molecule has 0 bridgehead atoms. The normalized spacial score (nSPS) is 12.8. The van der Waals surface area contributed by atoms with Crippen LogP contribution in [0.1, 0.15) is 11.1 Å². The van der Waals surface area contributed by atoms with Gasteiger partial charge in [0.25, 0.3) is 0 Å². The van der Waals surface area contributed by atoms with E-state index >= 15 is 0 Å². The Hall–Kier alpha value is 0.116. The SMILES string of the molecule is Cc1cc(-c2s[c]([Sn]([CH3])([CH3])[CH3])cc2C)sc1-c1ccc([Si](C)(C)C)s1. The van der Waals surface area contributed by atoms with Crippen LogP contribution in [-0.4, -0.2) is 26.5 Å². The van der Waals surface area contributed by atoms with Crippen LogP contribution in [0.15, 0.2) is 24.3 Å². The van der Waals surface area contributed by atoms with E-state index in [1.807, 2.05) is 22.7 Å². The molecule has 3 aromatic heterocycles. The van der Waals surface area contributed by atoms with Gasteiger partial charge >= 0.3 is 171 Å². The monoisotopic (exact) mass is 512 g/mol. The fraction of sp³-hybridized carbons (Fsp3) is 0.400. The zero-order chi connectivity index (χ0) is 18.6. The fourth-order valence-electron chi connectivity index (χ4n) is 2.80. The van der Waals surface area contributed by atoms with Crippen molar-refractivity contribution in [2.75, 3.05) is 0 Å². The van der Waals surface area contributed by atoms with Gasteiger partial charge in [0.1, 0.15) is 0 Å². The first-order valence-electron chi connectivity index (χ1n) is 8.79. The Morgan fingerprint density at radius 3 is 1.88 bits per heavy atom. The molecule has 0 nitrogen and oxygen atoms in total. The zero-order valence-electron chi connectivity index (χ0n) is 16.5. The summed E-state index contributed by atoms with van der Waals surface area (Å²) >= 11 is 4.08. The van der Waals surface area contributed by atoms with Crippen LogP contribution in [-0.2, 0) is 0 Å².